The van der Waals surface area contributed by atoms with Crippen molar-refractivity contribution in [2.45, 2.75) is 12.2 Å². The first-order valence-electron chi connectivity index (χ1n) is 11.3. The van der Waals surface area contributed by atoms with Crippen LogP contribution in [-0.2, 0) is 6.18 Å². The number of rotatable bonds is 6. The summed E-state index contributed by atoms with van der Waals surface area (Å²) in [6.45, 7) is 3.07. The van der Waals surface area contributed by atoms with Crippen LogP contribution in [0.4, 0.5) is 33.7 Å². The first kappa shape index (κ1) is 24.5. The average molecular weight is 487 g/mol. The van der Waals surface area contributed by atoms with E-state index in [1.165, 1.54) is 36.4 Å². The van der Waals surface area contributed by atoms with E-state index in [1.54, 1.807) is 0 Å². The van der Waals surface area contributed by atoms with Crippen molar-refractivity contribution in [3.63, 3.8) is 0 Å². The highest BCUT2D eigenvalue weighted by Crippen LogP contribution is 2.31. The molecule has 1 fully saturated rings. The lowest BCUT2D eigenvalue weighted by Crippen LogP contribution is -2.50. The molecule has 2 N–H and O–H groups in total. The minimum absolute atomic E-state index is 0.198. The molecular formula is C26H26F4N4O. The van der Waals surface area contributed by atoms with Crippen LogP contribution in [0.2, 0.25) is 0 Å². The number of hydrogen-bond donors (Lipinski definition) is 2. The van der Waals surface area contributed by atoms with Gasteiger partial charge in [0.05, 0.1) is 11.6 Å². The zero-order valence-corrected chi connectivity index (χ0v) is 18.9. The van der Waals surface area contributed by atoms with Crippen molar-refractivity contribution in [2.24, 2.45) is 0 Å². The molecule has 1 heterocycles. The molecule has 0 aliphatic carbocycles. The van der Waals surface area contributed by atoms with Crippen LogP contribution < -0.4 is 15.5 Å². The summed E-state index contributed by atoms with van der Waals surface area (Å²) in [4.78, 5) is 16.9. The normalized spacial score (nSPS) is 15.5. The Kier molecular flexibility index (Phi) is 7.55. The summed E-state index contributed by atoms with van der Waals surface area (Å²) in [7, 11) is 0. The molecule has 1 unspecified atom stereocenters. The zero-order chi connectivity index (χ0) is 24.8. The number of urea groups is 1. The van der Waals surface area contributed by atoms with E-state index >= 15 is 0 Å². The third-order valence-electron chi connectivity index (χ3n) is 6.06. The summed E-state index contributed by atoms with van der Waals surface area (Å²) < 4.78 is 52.3. The Hall–Kier alpha value is -3.59. The van der Waals surface area contributed by atoms with Gasteiger partial charge in [0.1, 0.15) is 5.82 Å². The second-order valence-electron chi connectivity index (χ2n) is 8.34. The quantitative estimate of drug-likeness (QED) is 0.451. The molecule has 0 spiro atoms. The second kappa shape index (κ2) is 10.8. The number of nitrogens with one attached hydrogen (secondary N) is 2. The third kappa shape index (κ3) is 6.51. The number of para-hydroxylation sites is 1. The van der Waals surface area contributed by atoms with Crippen LogP contribution >= 0.6 is 0 Å². The largest absolute Gasteiger partial charge is 0.416 e. The molecule has 184 valence electrons. The van der Waals surface area contributed by atoms with Gasteiger partial charge in [0, 0.05) is 44.1 Å². The summed E-state index contributed by atoms with van der Waals surface area (Å²) in [6.07, 6.45) is -4.41. The SMILES string of the molecule is O=C(NCC(c1ccc(C(F)(F)F)cc1)N1CCN(c2ccccc2)CC1)Nc1ccc(F)cc1. The van der Waals surface area contributed by atoms with Gasteiger partial charge in [0.15, 0.2) is 0 Å². The molecule has 1 aliphatic rings. The standard InChI is InChI=1S/C26H26F4N4O/c27-21-10-12-22(13-11-21)32-25(35)31-18-24(19-6-8-20(9-7-19)26(28,29)30)34-16-14-33(15-17-34)23-4-2-1-3-5-23/h1-13,24H,14-18H2,(H2,31,32,35). The molecule has 3 aromatic carbocycles. The van der Waals surface area contributed by atoms with Gasteiger partial charge < -0.3 is 15.5 Å². The molecule has 3 aromatic rings. The second-order valence-corrected chi connectivity index (χ2v) is 8.34. The Morgan fingerprint density at radius 1 is 0.857 bits per heavy atom. The molecule has 1 atom stereocenters. The van der Waals surface area contributed by atoms with Crippen molar-refractivity contribution in [1.82, 2.24) is 10.2 Å². The summed E-state index contributed by atoms with van der Waals surface area (Å²) in [5, 5.41) is 5.45. The molecular weight excluding hydrogens is 460 g/mol. The highest BCUT2D eigenvalue weighted by Gasteiger charge is 2.31. The number of halogens is 4. The summed E-state index contributed by atoms with van der Waals surface area (Å²) >= 11 is 0. The van der Waals surface area contributed by atoms with Gasteiger partial charge in [0.25, 0.3) is 0 Å². The number of carbonyl (C=O) groups excluding carboxylic acids is 1. The van der Waals surface area contributed by atoms with Crippen LogP contribution in [0.25, 0.3) is 0 Å². The van der Waals surface area contributed by atoms with Crippen LogP contribution in [0.5, 0.6) is 0 Å². The Bertz CT molecular complexity index is 1100. The van der Waals surface area contributed by atoms with Crippen LogP contribution in [0.3, 0.4) is 0 Å². The number of nitrogens with zero attached hydrogens (tertiary/aromatic N) is 2. The van der Waals surface area contributed by atoms with Crippen molar-refractivity contribution >= 4 is 17.4 Å². The van der Waals surface area contributed by atoms with E-state index in [2.05, 4.69) is 20.4 Å². The zero-order valence-electron chi connectivity index (χ0n) is 18.9. The van der Waals surface area contributed by atoms with Crippen molar-refractivity contribution in [2.75, 3.05) is 42.9 Å². The maximum atomic E-state index is 13.1. The molecule has 9 heteroatoms. The van der Waals surface area contributed by atoms with Gasteiger partial charge in [-0.15, -0.1) is 0 Å². The molecule has 1 aliphatic heterocycles. The molecule has 35 heavy (non-hydrogen) atoms. The van der Waals surface area contributed by atoms with Gasteiger partial charge in [0.2, 0.25) is 0 Å². The lowest BCUT2D eigenvalue weighted by molar-refractivity contribution is -0.137. The molecule has 0 bridgehead atoms. The van der Waals surface area contributed by atoms with Crippen molar-refractivity contribution < 1.29 is 22.4 Å². The molecule has 5 nitrogen and oxygen atoms in total. The number of carbonyl (C=O) groups is 1. The Labute approximate surface area is 201 Å². The maximum absolute atomic E-state index is 13.1. The van der Waals surface area contributed by atoms with E-state index in [4.69, 9.17) is 0 Å². The molecule has 0 aromatic heterocycles. The van der Waals surface area contributed by atoms with Gasteiger partial charge in [-0.05, 0) is 54.1 Å². The van der Waals surface area contributed by atoms with E-state index in [0.29, 0.717) is 24.3 Å². The third-order valence-corrected chi connectivity index (χ3v) is 6.06. The minimum atomic E-state index is -4.41. The van der Waals surface area contributed by atoms with E-state index in [0.717, 1.165) is 30.9 Å². The Balaban J connectivity index is 1.45. The molecule has 1 saturated heterocycles. The number of alkyl halides is 3. The number of benzene rings is 3. The van der Waals surface area contributed by atoms with Crippen LogP contribution in [0.15, 0.2) is 78.9 Å². The Morgan fingerprint density at radius 3 is 2.09 bits per heavy atom. The van der Waals surface area contributed by atoms with Gasteiger partial charge in [-0.25, -0.2) is 9.18 Å². The molecule has 0 radical (unpaired) electrons. The lowest BCUT2D eigenvalue weighted by atomic mass is 10.0. The summed E-state index contributed by atoms with van der Waals surface area (Å²) in [5.41, 5.74) is 1.53. The number of piperazine rings is 1. The maximum Gasteiger partial charge on any atom is 0.416 e. The highest BCUT2D eigenvalue weighted by molar-refractivity contribution is 5.89. The van der Waals surface area contributed by atoms with E-state index in [-0.39, 0.29) is 12.6 Å². The van der Waals surface area contributed by atoms with E-state index < -0.39 is 23.6 Å². The average Bonchev–Trinajstić information content (AvgIpc) is 2.86. The van der Waals surface area contributed by atoms with Gasteiger partial charge in [-0.1, -0.05) is 30.3 Å². The van der Waals surface area contributed by atoms with Crippen molar-refractivity contribution in [1.29, 1.82) is 0 Å². The van der Waals surface area contributed by atoms with Crippen molar-refractivity contribution in [3.05, 3.63) is 95.8 Å². The summed E-state index contributed by atoms with van der Waals surface area (Å²) in [5.74, 6) is -0.409. The minimum Gasteiger partial charge on any atom is -0.369 e. The predicted molar refractivity (Wildman–Crippen MR) is 128 cm³/mol. The number of anilines is 2. The Morgan fingerprint density at radius 2 is 1.49 bits per heavy atom. The smallest absolute Gasteiger partial charge is 0.369 e. The monoisotopic (exact) mass is 486 g/mol. The topological polar surface area (TPSA) is 47.6 Å². The predicted octanol–water partition coefficient (Wildman–Crippen LogP) is 5.53. The highest BCUT2D eigenvalue weighted by atomic mass is 19.4. The first-order valence-corrected chi connectivity index (χ1v) is 11.3. The molecule has 4 rings (SSSR count). The van der Waals surface area contributed by atoms with Crippen LogP contribution in [-0.4, -0.2) is 43.7 Å². The number of hydrogen-bond acceptors (Lipinski definition) is 3. The van der Waals surface area contributed by atoms with E-state index in [1.807, 2.05) is 30.3 Å². The van der Waals surface area contributed by atoms with Crippen LogP contribution in [0.1, 0.15) is 17.2 Å². The molecule has 2 amide bonds. The van der Waals surface area contributed by atoms with Crippen LogP contribution in [0, 0.1) is 5.82 Å². The lowest BCUT2D eigenvalue weighted by Gasteiger charge is -2.40. The van der Waals surface area contributed by atoms with E-state index in [9.17, 15) is 22.4 Å². The molecule has 0 saturated carbocycles. The fourth-order valence-corrected chi connectivity index (χ4v) is 4.18. The van der Waals surface area contributed by atoms with Gasteiger partial charge >= 0.3 is 12.2 Å². The van der Waals surface area contributed by atoms with Gasteiger partial charge in [-0.2, -0.15) is 13.2 Å². The van der Waals surface area contributed by atoms with Gasteiger partial charge in [-0.3, -0.25) is 4.90 Å². The summed E-state index contributed by atoms with van der Waals surface area (Å²) in [6, 6.07) is 19.7. The number of amides is 2. The fourth-order valence-electron chi connectivity index (χ4n) is 4.18. The fraction of sp³-hybridized carbons (Fsp3) is 0.269. The van der Waals surface area contributed by atoms with Crippen molar-refractivity contribution in [3.8, 4) is 0 Å². The first-order chi connectivity index (χ1) is 16.8.